The molecule has 1 aliphatic rings. The van der Waals surface area contributed by atoms with Gasteiger partial charge in [-0.2, -0.15) is 0 Å². The Morgan fingerprint density at radius 3 is 2.87 bits per heavy atom. The first-order valence-corrected chi connectivity index (χ1v) is 4.99. The number of hydrogen-bond donors (Lipinski definition) is 1. The Labute approximate surface area is 85.3 Å². The van der Waals surface area contributed by atoms with E-state index in [0.29, 0.717) is 18.4 Å². The van der Waals surface area contributed by atoms with Crippen molar-refractivity contribution >= 4 is 11.0 Å². The van der Waals surface area contributed by atoms with Gasteiger partial charge in [0.1, 0.15) is 0 Å². The lowest BCUT2D eigenvalue weighted by Gasteiger charge is -2.15. The molecule has 0 bridgehead atoms. The molecule has 1 saturated carbocycles. The number of rotatable bonds is 2. The second-order valence-corrected chi connectivity index (χ2v) is 4.03. The second kappa shape index (κ2) is 2.78. The van der Waals surface area contributed by atoms with Crippen LogP contribution in [0.25, 0.3) is 11.0 Å². The van der Waals surface area contributed by atoms with Crippen LogP contribution in [0.15, 0.2) is 24.5 Å². The smallest absolute Gasteiger partial charge is 0.276 e. The first kappa shape index (κ1) is 8.83. The fourth-order valence-electron chi connectivity index (χ4n) is 1.82. The van der Waals surface area contributed by atoms with Gasteiger partial charge in [-0.1, -0.05) is 6.07 Å². The first-order valence-electron chi connectivity index (χ1n) is 4.99. The van der Waals surface area contributed by atoms with Crippen LogP contribution in [-0.4, -0.2) is 9.97 Å². The van der Waals surface area contributed by atoms with Crippen molar-refractivity contribution in [2.75, 3.05) is 0 Å². The quantitative estimate of drug-likeness (QED) is 0.807. The second-order valence-electron chi connectivity index (χ2n) is 4.03. The van der Waals surface area contributed by atoms with Crippen LogP contribution in [0, 0.1) is 5.92 Å². The zero-order chi connectivity index (χ0) is 10.5. The molecular weight excluding hydrogens is 198 g/mol. The topological polar surface area (TPSA) is 28.7 Å². The highest BCUT2D eigenvalue weighted by Crippen LogP contribution is 2.49. The highest BCUT2D eigenvalue weighted by molar-refractivity contribution is 5.75. The van der Waals surface area contributed by atoms with E-state index < -0.39 is 11.8 Å². The largest absolute Gasteiger partial charge is 0.345 e. The molecule has 78 valence electrons. The number of benzene rings is 1. The average Bonchev–Trinajstić information content (AvgIpc) is 2.97. The highest BCUT2D eigenvalue weighted by Gasteiger charge is 2.47. The molecule has 0 aliphatic heterocycles. The summed E-state index contributed by atoms with van der Waals surface area (Å²) in [5.41, 5.74) is 1.50. The van der Waals surface area contributed by atoms with Crippen LogP contribution in [0.4, 0.5) is 8.78 Å². The Hall–Kier alpha value is -1.45. The van der Waals surface area contributed by atoms with E-state index in [0.717, 1.165) is 5.52 Å². The summed E-state index contributed by atoms with van der Waals surface area (Å²) in [7, 11) is 0. The van der Waals surface area contributed by atoms with Crippen LogP contribution in [0.2, 0.25) is 0 Å². The van der Waals surface area contributed by atoms with Gasteiger partial charge in [0.25, 0.3) is 5.92 Å². The number of nitrogens with one attached hydrogen (secondary N) is 1. The molecule has 1 N–H and O–H groups in total. The summed E-state index contributed by atoms with van der Waals surface area (Å²) in [5.74, 6) is -3.14. The Morgan fingerprint density at radius 2 is 2.13 bits per heavy atom. The fourth-order valence-corrected chi connectivity index (χ4v) is 1.82. The van der Waals surface area contributed by atoms with E-state index in [4.69, 9.17) is 0 Å². The van der Waals surface area contributed by atoms with Crippen molar-refractivity contribution in [3.63, 3.8) is 0 Å². The number of hydrogen-bond acceptors (Lipinski definition) is 1. The summed E-state index contributed by atoms with van der Waals surface area (Å²) in [5, 5.41) is 0. The predicted octanol–water partition coefficient (Wildman–Crippen LogP) is 3.06. The lowest BCUT2D eigenvalue weighted by atomic mass is 10.0. The molecule has 3 rings (SSSR count). The molecule has 1 aliphatic carbocycles. The predicted molar refractivity (Wildman–Crippen MR) is 52.7 cm³/mol. The lowest BCUT2D eigenvalue weighted by Crippen LogP contribution is -2.15. The molecule has 2 nitrogen and oxygen atoms in total. The van der Waals surface area contributed by atoms with Gasteiger partial charge in [0.2, 0.25) is 0 Å². The van der Waals surface area contributed by atoms with Crippen molar-refractivity contribution in [2.45, 2.75) is 18.8 Å². The van der Waals surface area contributed by atoms with Gasteiger partial charge < -0.3 is 4.98 Å². The zero-order valence-corrected chi connectivity index (χ0v) is 8.00. The van der Waals surface area contributed by atoms with E-state index in [2.05, 4.69) is 9.97 Å². The Kier molecular flexibility index (Phi) is 1.63. The van der Waals surface area contributed by atoms with Gasteiger partial charge in [-0.25, -0.2) is 13.8 Å². The highest BCUT2D eigenvalue weighted by atomic mass is 19.3. The first-order chi connectivity index (χ1) is 7.18. The van der Waals surface area contributed by atoms with Gasteiger partial charge in [-0.3, -0.25) is 0 Å². The van der Waals surface area contributed by atoms with Crippen molar-refractivity contribution in [1.82, 2.24) is 9.97 Å². The van der Waals surface area contributed by atoms with Gasteiger partial charge in [0.15, 0.2) is 0 Å². The third kappa shape index (κ3) is 1.32. The van der Waals surface area contributed by atoms with E-state index in [1.807, 2.05) is 0 Å². The number of fused-ring (bicyclic) bond motifs is 1. The molecule has 2 aromatic rings. The number of alkyl halides is 2. The maximum Gasteiger partial charge on any atom is 0.276 e. The molecule has 0 unspecified atom stereocenters. The normalized spacial score (nSPS) is 17.2. The molecule has 0 saturated heterocycles. The van der Waals surface area contributed by atoms with Crippen molar-refractivity contribution < 1.29 is 8.78 Å². The van der Waals surface area contributed by atoms with Crippen molar-refractivity contribution in [2.24, 2.45) is 5.92 Å². The van der Waals surface area contributed by atoms with E-state index in [-0.39, 0.29) is 5.56 Å². The van der Waals surface area contributed by atoms with Crippen LogP contribution < -0.4 is 0 Å². The third-order valence-electron chi connectivity index (χ3n) is 2.90. The minimum Gasteiger partial charge on any atom is -0.345 e. The van der Waals surface area contributed by atoms with Gasteiger partial charge in [0, 0.05) is 11.5 Å². The lowest BCUT2D eigenvalue weighted by molar-refractivity contribution is -0.0284. The van der Waals surface area contributed by atoms with Crippen molar-refractivity contribution in [3.8, 4) is 0 Å². The molecule has 1 aromatic carbocycles. The van der Waals surface area contributed by atoms with E-state index >= 15 is 0 Å². The van der Waals surface area contributed by atoms with Gasteiger partial charge >= 0.3 is 0 Å². The van der Waals surface area contributed by atoms with E-state index in [9.17, 15) is 8.78 Å². The molecule has 1 fully saturated rings. The monoisotopic (exact) mass is 208 g/mol. The van der Waals surface area contributed by atoms with Crippen LogP contribution in [-0.2, 0) is 5.92 Å². The number of aromatic nitrogens is 2. The summed E-state index contributed by atoms with van der Waals surface area (Å²) in [4.78, 5) is 6.85. The summed E-state index contributed by atoms with van der Waals surface area (Å²) >= 11 is 0. The molecule has 0 amide bonds. The van der Waals surface area contributed by atoms with Crippen molar-refractivity contribution in [1.29, 1.82) is 0 Å². The summed E-state index contributed by atoms with van der Waals surface area (Å²) in [6.45, 7) is 0. The molecular formula is C11H10F2N2. The Morgan fingerprint density at radius 1 is 1.33 bits per heavy atom. The standard InChI is InChI=1S/C11H10F2N2/c12-11(13,7-1-2-7)8-3-4-9-10(5-8)15-6-14-9/h3-7H,1-2H2,(H,14,15). The van der Waals surface area contributed by atoms with Gasteiger partial charge in [0.05, 0.1) is 17.4 Å². The molecule has 0 atom stereocenters. The summed E-state index contributed by atoms with van der Waals surface area (Å²) in [6, 6.07) is 4.61. The minimum absolute atomic E-state index is 0.0988. The van der Waals surface area contributed by atoms with E-state index in [1.165, 1.54) is 18.5 Å². The average molecular weight is 208 g/mol. The summed E-state index contributed by atoms with van der Waals surface area (Å²) in [6.07, 6.45) is 2.78. The van der Waals surface area contributed by atoms with Crippen molar-refractivity contribution in [3.05, 3.63) is 30.1 Å². The van der Waals surface area contributed by atoms with Gasteiger partial charge in [-0.15, -0.1) is 0 Å². The molecule has 0 radical (unpaired) electrons. The number of imidazole rings is 1. The summed E-state index contributed by atoms with van der Waals surface area (Å²) < 4.78 is 27.5. The van der Waals surface area contributed by atoms with Crippen LogP contribution >= 0.6 is 0 Å². The fraction of sp³-hybridized carbons (Fsp3) is 0.364. The number of nitrogens with zero attached hydrogens (tertiary/aromatic N) is 1. The zero-order valence-electron chi connectivity index (χ0n) is 8.00. The van der Waals surface area contributed by atoms with E-state index in [1.54, 1.807) is 6.07 Å². The number of halogens is 2. The SMILES string of the molecule is FC(F)(c1ccc2nc[nH]c2c1)C1CC1. The van der Waals surface area contributed by atoms with Crippen LogP contribution in [0.5, 0.6) is 0 Å². The molecule has 1 aromatic heterocycles. The number of aromatic amines is 1. The molecule has 4 heteroatoms. The van der Waals surface area contributed by atoms with Crippen LogP contribution in [0.3, 0.4) is 0 Å². The third-order valence-corrected chi connectivity index (χ3v) is 2.90. The van der Waals surface area contributed by atoms with Crippen LogP contribution in [0.1, 0.15) is 18.4 Å². The molecule has 15 heavy (non-hydrogen) atoms. The maximum atomic E-state index is 13.7. The molecule has 1 heterocycles. The minimum atomic E-state index is -2.68. The maximum absolute atomic E-state index is 13.7. The Bertz CT molecular complexity index is 500. The Balaban J connectivity index is 2.09. The number of H-pyrrole nitrogens is 1. The molecule has 0 spiro atoms. The van der Waals surface area contributed by atoms with Gasteiger partial charge in [-0.05, 0) is 25.0 Å².